The molecule has 1 aromatic carbocycles. The third kappa shape index (κ3) is 5.30. The Morgan fingerprint density at radius 2 is 1.96 bits per heavy atom. The van der Waals surface area contributed by atoms with Crippen molar-refractivity contribution in [3.05, 3.63) is 29.8 Å². The lowest BCUT2D eigenvalue weighted by Gasteiger charge is -2.30. The molecule has 0 spiro atoms. The van der Waals surface area contributed by atoms with Crippen molar-refractivity contribution in [1.82, 2.24) is 14.5 Å². The summed E-state index contributed by atoms with van der Waals surface area (Å²) in [6, 6.07) is 6.38. The standard InChI is InChI=1S/C20H31N3O3S/c1-17-7-5-11-22(16-17)12-6-10-21-20(24)18-8-4-9-19(15-18)27(25,26)23-13-2-3-14-23/h4,8-9,15,17H,2-3,5-7,10-14,16H2,1H3,(H,21,24). The average Bonchev–Trinajstić information content (AvgIpc) is 3.21. The lowest BCUT2D eigenvalue weighted by Crippen LogP contribution is -2.36. The molecule has 7 heteroatoms. The van der Waals surface area contributed by atoms with Crippen molar-refractivity contribution in [2.75, 3.05) is 39.3 Å². The van der Waals surface area contributed by atoms with Gasteiger partial charge in [0.2, 0.25) is 10.0 Å². The maximum Gasteiger partial charge on any atom is 0.251 e. The van der Waals surface area contributed by atoms with E-state index in [1.807, 2.05) is 0 Å². The van der Waals surface area contributed by atoms with Gasteiger partial charge in [-0.15, -0.1) is 0 Å². The molecule has 1 aromatic rings. The van der Waals surface area contributed by atoms with Crippen LogP contribution in [0.1, 0.15) is 49.4 Å². The molecule has 0 saturated carbocycles. The summed E-state index contributed by atoms with van der Waals surface area (Å²) in [5.74, 6) is 0.550. The largest absolute Gasteiger partial charge is 0.352 e. The van der Waals surface area contributed by atoms with Crippen LogP contribution in [0.4, 0.5) is 0 Å². The molecule has 1 amide bonds. The minimum absolute atomic E-state index is 0.208. The molecule has 1 N–H and O–H groups in total. The Kier molecular flexibility index (Phi) is 6.89. The van der Waals surface area contributed by atoms with E-state index in [0.717, 1.165) is 44.8 Å². The molecule has 0 aliphatic carbocycles. The van der Waals surface area contributed by atoms with Crippen molar-refractivity contribution in [3.63, 3.8) is 0 Å². The minimum Gasteiger partial charge on any atom is -0.352 e. The van der Waals surface area contributed by atoms with Crippen LogP contribution in [0.15, 0.2) is 29.2 Å². The second kappa shape index (κ2) is 9.17. The highest BCUT2D eigenvalue weighted by Crippen LogP contribution is 2.21. The summed E-state index contributed by atoms with van der Waals surface area (Å²) < 4.78 is 26.8. The van der Waals surface area contributed by atoms with Crippen molar-refractivity contribution in [2.45, 2.75) is 43.9 Å². The van der Waals surface area contributed by atoms with Crippen LogP contribution in [0.2, 0.25) is 0 Å². The smallest absolute Gasteiger partial charge is 0.251 e. The SMILES string of the molecule is CC1CCCN(CCCNC(=O)c2cccc(S(=O)(=O)N3CCCC3)c2)C1. The molecule has 0 radical (unpaired) electrons. The van der Waals surface area contributed by atoms with Gasteiger partial charge >= 0.3 is 0 Å². The van der Waals surface area contributed by atoms with Gasteiger partial charge in [0, 0.05) is 31.7 Å². The zero-order valence-corrected chi connectivity index (χ0v) is 17.0. The van der Waals surface area contributed by atoms with Gasteiger partial charge in [-0.05, 0) is 69.3 Å². The van der Waals surface area contributed by atoms with Gasteiger partial charge in [-0.25, -0.2) is 8.42 Å². The quantitative estimate of drug-likeness (QED) is 0.722. The Hall–Kier alpha value is -1.44. The molecule has 150 valence electrons. The molecule has 3 rings (SSSR count). The van der Waals surface area contributed by atoms with E-state index in [1.165, 1.54) is 23.2 Å². The molecule has 2 aliphatic heterocycles. The fraction of sp³-hybridized carbons (Fsp3) is 0.650. The Balaban J connectivity index is 1.51. The highest BCUT2D eigenvalue weighted by Gasteiger charge is 2.27. The minimum atomic E-state index is -3.49. The van der Waals surface area contributed by atoms with E-state index in [0.29, 0.717) is 25.2 Å². The first-order chi connectivity index (χ1) is 13.0. The van der Waals surface area contributed by atoms with E-state index in [4.69, 9.17) is 0 Å². The van der Waals surface area contributed by atoms with Gasteiger partial charge in [0.05, 0.1) is 4.90 Å². The van der Waals surface area contributed by atoms with E-state index in [2.05, 4.69) is 17.1 Å². The summed E-state index contributed by atoms with van der Waals surface area (Å²) >= 11 is 0. The summed E-state index contributed by atoms with van der Waals surface area (Å²) in [5.41, 5.74) is 0.405. The van der Waals surface area contributed by atoms with Crippen LogP contribution >= 0.6 is 0 Å². The van der Waals surface area contributed by atoms with Gasteiger partial charge in [0.1, 0.15) is 0 Å². The normalized spacial score (nSPS) is 22.0. The van der Waals surface area contributed by atoms with Crippen LogP contribution in [0, 0.1) is 5.92 Å². The molecule has 1 atom stereocenters. The lowest BCUT2D eigenvalue weighted by atomic mass is 10.0. The Labute approximate surface area is 163 Å². The number of rotatable bonds is 7. The summed E-state index contributed by atoms with van der Waals surface area (Å²) in [6.07, 6.45) is 5.27. The van der Waals surface area contributed by atoms with Gasteiger partial charge in [-0.2, -0.15) is 4.31 Å². The van der Waals surface area contributed by atoms with E-state index in [9.17, 15) is 13.2 Å². The third-order valence-corrected chi connectivity index (χ3v) is 7.37. The lowest BCUT2D eigenvalue weighted by molar-refractivity contribution is 0.0950. The number of piperidine rings is 1. The third-order valence-electron chi connectivity index (χ3n) is 5.48. The predicted molar refractivity (Wildman–Crippen MR) is 106 cm³/mol. The molecule has 2 aliphatic rings. The van der Waals surface area contributed by atoms with Gasteiger partial charge in [0.25, 0.3) is 5.91 Å². The first kappa shape index (κ1) is 20.3. The average molecular weight is 394 g/mol. The van der Waals surface area contributed by atoms with Crippen LogP contribution in [-0.4, -0.2) is 62.8 Å². The van der Waals surface area contributed by atoms with Crippen molar-refractivity contribution in [3.8, 4) is 0 Å². The molecular formula is C20H31N3O3S. The maximum absolute atomic E-state index is 12.7. The topological polar surface area (TPSA) is 69.7 Å². The highest BCUT2D eigenvalue weighted by atomic mass is 32.2. The van der Waals surface area contributed by atoms with Crippen molar-refractivity contribution >= 4 is 15.9 Å². The van der Waals surface area contributed by atoms with Crippen LogP contribution < -0.4 is 5.32 Å². The van der Waals surface area contributed by atoms with Gasteiger partial charge in [0.15, 0.2) is 0 Å². The highest BCUT2D eigenvalue weighted by molar-refractivity contribution is 7.89. The van der Waals surface area contributed by atoms with Crippen LogP contribution in [-0.2, 0) is 10.0 Å². The number of likely N-dealkylation sites (tertiary alicyclic amines) is 1. The molecule has 2 fully saturated rings. The molecule has 0 bridgehead atoms. The molecule has 0 aromatic heterocycles. The molecular weight excluding hydrogens is 362 g/mol. The Bertz CT molecular complexity index is 745. The van der Waals surface area contributed by atoms with Crippen molar-refractivity contribution in [1.29, 1.82) is 0 Å². The van der Waals surface area contributed by atoms with Crippen LogP contribution in [0.25, 0.3) is 0 Å². The number of carbonyl (C=O) groups is 1. The molecule has 27 heavy (non-hydrogen) atoms. The van der Waals surface area contributed by atoms with E-state index >= 15 is 0 Å². The van der Waals surface area contributed by atoms with Gasteiger partial charge in [-0.1, -0.05) is 13.0 Å². The number of benzene rings is 1. The number of sulfonamides is 1. The second-order valence-electron chi connectivity index (χ2n) is 7.80. The zero-order valence-electron chi connectivity index (χ0n) is 16.2. The number of nitrogens with zero attached hydrogens (tertiary/aromatic N) is 2. The van der Waals surface area contributed by atoms with Gasteiger partial charge in [-0.3, -0.25) is 4.79 Å². The van der Waals surface area contributed by atoms with E-state index in [1.54, 1.807) is 18.2 Å². The monoisotopic (exact) mass is 393 g/mol. The predicted octanol–water partition coefficient (Wildman–Crippen LogP) is 2.32. The first-order valence-corrected chi connectivity index (χ1v) is 11.5. The van der Waals surface area contributed by atoms with Gasteiger partial charge < -0.3 is 10.2 Å². The molecule has 2 heterocycles. The Morgan fingerprint density at radius 3 is 2.70 bits per heavy atom. The molecule has 2 saturated heterocycles. The van der Waals surface area contributed by atoms with Crippen molar-refractivity contribution < 1.29 is 13.2 Å². The summed E-state index contributed by atoms with van der Waals surface area (Å²) in [6.45, 7) is 7.30. The van der Waals surface area contributed by atoms with Crippen molar-refractivity contribution in [2.24, 2.45) is 5.92 Å². The van der Waals surface area contributed by atoms with Crippen LogP contribution in [0.5, 0.6) is 0 Å². The number of hydrogen-bond donors (Lipinski definition) is 1. The summed E-state index contributed by atoms with van der Waals surface area (Å²) in [4.78, 5) is 15.1. The van der Waals surface area contributed by atoms with E-state index in [-0.39, 0.29) is 10.8 Å². The number of carbonyl (C=O) groups excluding carboxylic acids is 1. The molecule has 1 unspecified atom stereocenters. The maximum atomic E-state index is 12.7. The molecule has 6 nitrogen and oxygen atoms in total. The fourth-order valence-corrected chi connectivity index (χ4v) is 5.54. The summed E-state index contributed by atoms with van der Waals surface area (Å²) in [5, 5.41) is 2.92. The number of amides is 1. The number of nitrogens with one attached hydrogen (secondary N) is 1. The van der Waals surface area contributed by atoms with E-state index < -0.39 is 10.0 Å². The first-order valence-electron chi connectivity index (χ1n) is 10.1. The fourth-order valence-electron chi connectivity index (χ4n) is 3.97. The van der Waals surface area contributed by atoms with Crippen LogP contribution in [0.3, 0.4) is 0 Å². The number of hydrogen-bond acceptors (Lipinski definition) is 4. The Morgan fingerprint density at radius 1 is 1.19 bits per heavy atom. The zero-order chi connectivity index (χ0) is 19.3. The summed E-state index contributed by atoms with van der Waals surface area (Å²) in [7, 11) is -3.49. The second-order valence-corrected chi connectivity index (χ2v) is 9.73.